The Morgan fingerprint density at radius 1 is 0.253 bits per heavy atom. The molecule has 0 aliphatic heterocycles. The summed E-state index contributed by atoms with van der Waals surface area (Å²) in [5.41, 5.74) is 14.0. The summed E-state index contributed by atoms with van der Waals surface area (Å²) in [6.07, 6.45) is 0. The molecule has 15 nitrogen and oxygen atoms in total. The lowest BCUT2D eigenvalue weighted by Gasteiger charge is -2.12. The number of benzene rings is 12. The van der Waals surface area contributed by atoms with Crippen molar-refractivity contribution in [1.82, 2.24) is 62.4 Å². The molecule has 0 aliphatic rings. The van der Waals surface area contributed by atoms with Crippen LogP contribution in [0.15, 0.2) is 283 Å². The van der Waals surface area contributed by atoms with Crippen molar-refractivity contribution in [1.29, 1.82) is 0 Å². The Morgan fingerprint density at radius 3 is 1.25 bits per heavy atom. The molecule has 0 fully saturated rings. The van der Waals surface area contributed by atoms with Gasteiger partial charge in [-0.25, -0.2) is 28.7 Å². The first-order valence-electron chi connectivity index (χ1n) is 32.3. The fourth-order valence-electron chi connectivity index (χ4n) is 14.6. The first-order valence-corrected chi connectivity index (χ1v) is 33.9. The van der Waals surface area contributed by atoms with Crippen LogP contribution >= 0.6 is 22.7 Å². The molecule has 0 atom stereocenters. The van der Waals surface area contributed by atoms with E-state index >= 15 is 4.79 Å². The van der Waals surface area contributed by atoms with Crippen LogP contribution < -0.4 is 11.1 Å². The number of aromatic nitrogens is 13. The molecule has 462 valence electrons. The summed E-state index contributed by atoms with van der Waals surface area (Å²) in [5, 5.41) is 7.33. The Morgan fingerprint density at radius 2 is 0.667 bits per heavy atom. The zero-order chi connectivity index (χ0) is 65.1. The standard InChI is InChI=1S/C82H45N13O2S2/c96-77-58-30-13-17-34-67(58)98-81-83-69-65(94(77)81)40-37-56-53-27-10-14-31-61(53)91(71(56)69)52-36-39-64-59(45-52)55-29-12-15-32-62(55)92(64)79-87-75(48-23-8-3-9-24-48)86-76(90-79)51-26-18-25-49(43-51)50-35-42-68-60(44-50)78(97)95-66-41-38-57-54-28-11-16-33-63(54)93(72(57)70(66)84-82(95)99-68)80-88-73(46-19-4-1-5-20-46)85-74(89-80)47-21-6-2-7-22-47/h1-45H. The van der Waals surface area contributed by atoms with Crippen LogP contribution in [0.1, 0.15) is 0 Å². The van der Waals surface area contributed by atoms with E-state index in [1.807, 2.05) is 170 Å². The summed E-state index contributed by atoms with van der Waals surface area (Å²) in [6, 6.07) is 91.7. The van der Waals surface area contributed by atoms with E-state index in [-0.39, 0.29) is 11.1 Å². The minimum absolute atomic E-state index is 0.0854. The highest BCUT2D eigenvalue weighted by Gasteiger charge is 2.26. The lowest BCUT2D eigenvalue weighted by atomic mass is 10.0. The highest BCUT2D eigenvalue weighted by atomic mass is 32.1. The van der Waals surface area contributed by atoms with Crippen LogP contribution in [0.25, 0.3) is 192 Å². The maximum atomic E-state index is 15.4. The molecular formula is C82H45N13O2S2. The van der Waals surface area contributed by atoms with Crippen molar-refractivity contribution in [3.63, 3.8) is 0 Å². The van der Waals surface area contributed by atoms with E-state index in [1.54, 1.807) is 8.80 Å². The maximum absolute atomic E-state index is 15.4. The van der Waals surface area contributed by atoms with Crippen molar-refractivity contribution in [3.05, 3.63) is 294 Å². The van der Waals surface area contributed by atoms with Gasteiger partial charge in [-0.1, -0.05) is 205 Å². The number of para-hydroxylation sites is 3. The van der Waals surface area contributed by atoms with Crippen LogP contribution in [0.2, 0.25) is 0 Å². The van der Waals surface area contributed by atoms with Gasteiger partial charge < -0.3 is 4.57 Å². The Kier molecular flexibility index (Phi) is 11.8. The van der Waals surface area contributed by atoms with Gasteiger partial charge in [0.2, 0.25) is 11.9 Å². The van der Waals surface area contributed by atoms with E-state index in [2.05, 4.69) is 117 Å². The molecule has 99 heavy (non-hydrogen) atoms. The second-order valence-corrected chi connectivity index (χ2v) is 26.7. The lowest BCUT2D eigenvalue weighted by Crippen LogP contribution is -2.11. The summed E-state index contributed by atoms with van der Waals surface area (Å²) >= 11 is 2.99. The number of imidazole rings is 2. The maximum Gasteiger partial charge on any atom is 0.266 e. The van der Waals surface area contributed by atoms with Gasteiger partial charge in [0.1, 0.15) is 11.0 Å². The van der Waals surface area contributed by atoms with Crippen LogP contribution in [0.5, 0.6) is 0 Å². The van der Waals surface area contributed by atoms with Crippen molar-refractivity contribution >= 4 is 140 Å². The molecule has 0 bridgehead atoms. The zero-order valence-electron chi connectivity index (χ0n) is 51.9. The first-order chi connectivity index (χ1) is 48.9. The molecule has 0 saturated carbocycles. The predicted molar refractivity (Wildman–Crippen MR) is 399 cm³/mol. The fraction of sp³-hybridized carbons (Fsp3) is 0. The average Bonchev–Trinajstić information content (AvgIpc) is 1.56. The Bertz CT molecular complexity index is 7120. The fourth-order valence-corrected chi connectivity index (χ4v) is 16.7. The summed E-state index contributed by atoms with van der Waals surface area (Å²) in [4.78, 5) is 72.7. The van der Waals surface area contributed by atoms with E-state index in [9.17, 15) is 4.79 Å². The summed E-state index contributed by atoms with van der Waals surface area (Å²) in [7, 11) is 0. The Labute approximate surface area is 567 Å². The predicted octanol–water partition coefficient (Wildman–Crippen LogP) is 18.4. The van der Waals surface area contributed by atoms with Gasteiger partial charge in [-0.05, 0) is 102 Å². The Balaban J connectivity index is 0.699. The molecule has 0 radical (unpaired) electrons. The third-order valence-corrected chi connectivity index (χ3v) is 21.2. The van der Waals surface area contributed by atoms with Crippen LogP contribution in [-0.4, -0.2) is 62.4 Å². The number of hydrogen-bond donors (Lipinski definition) is 0. The highest BCUT2D eigenvalue weighted by Crippen LogP contribution is 2.42. The molecule has 0 unspecified atom stereocenters. The van der Waals surface area contributed by atoms with Gasteiger partial charge in [0.05, 0.1) is 54.9 Å². The summed E-state index contributed by atoms with van der Waals surface area (Å²) in [5.74, 6) is 2.96. The van der Waals surface area contributed by atoms with Crippen LogP contribution in [0.4, 0.5) is 0 Å². The van der Waals surface area contributed by atoms with E-state index < -0.39 is 0 Å². The minimum Gasteiger partial charge on any atom is -0.307 e. The van der Waals surface area contributed by atoms with E-state index in [0.717, 1.165) is 125 Å². The smallest absolute Gasteiger partial charge is 0.266 e. The average molecular weight is 1310 g/mol. The summed E-state index contributed by atoms with van der Waals surface area (Å²) in [6.45, 7) is 0. The van der Waals surface area contributed by atoms with Gasteiger partial charge in [-0.3, -0.25) is 18.7 Å². The molecule has 21 aromatic rings. The largest absolute Gasteiger partial charge is 0.307 e. The van der Waals surface area contributed by atoms with Crippen molar-refractivity contribution in [2.45, 2.75) is 0 Å². The molecule has 0 saturated heterocycles. The van der Waals surface area contributed by atoms with E-state index in [0.29, 0.717) is 66.9 Å². The molecular weight excluding hydrogens is 1260 g/mol. The van der Waals surface area contributed by atoms with Crippen LogP contribution in [-0.2, 0) is 0 Å². The topological polar surface area (TPSA) is 161 Å². The van der Waals surface area contributed by atoms with Crippen molar-refractivity contribution in [2.24, 2.45) is 0 Å². The number of nitrogens with zero attached hydrogens (tertiary/aromatic N) is 13. The van der Waals surface area contributed by atoms with Crippen molar-refractivity contribution < 1.29 is 0 Å². The molecule has 0 aliphatic carbocycles. The second-order valence-electron chi connectivity index (χ2n) is 24.6. The first kappa shape index (κ1) is 55.1. The zero-order valence-corrected chi connectivity index (χ0v) is 53.6. The quantitative estimate of drug-likeness (QED) is 0.143. The molecule has 12 aromatic carbocycles. The number of fused-ring (bicyclic) bond motifs is 19. The monoisotopic (exact) mass is 1310 g/mol. The molecule has 17 heteroatoms. The molecule has 9 aromatic heterocycles. The van der Waals surface area contributed by atoms with Gasteiger partial charge in [0.25, 0.3) is 11.1 Å². The Hall–Kier alpha value is -13.2. The van der Waals surface area contributed by atoms with E-state index in [4.69, 9.17) is 39.9 Å². The van der Waals surface area contributed by atoms with Crippen LogP contribution in [0, 0.1) is 0 Å². The number of hydrogen-bond acceptors (Lipinski definition) is 12. The van der Waals surface area contributed by atoms with Gasteiger partial charge in [-0.2, -0.15) is 19.9 Å². The lowest BCUT2D eigenvalue weighted by molar-refractivity contribution is 0.953. The third-order valence-electron chi connectivity index (χ3n) is 19.1. The molecule has 9 heterocycles. The van der Waals surface area contributed by atoms with Crippen LogP contribution in [0.3, 0.4) is 0 Å². The summed E-state index contributed by atoms with van der Waals surface area (Å²) < 4.78 is 11.7. The highest BCUT2D eigenvalue weighted by molar-refractivity contribution is 7.23. The minimum atomic E-state index is -0.181. The SMILES string of the molecule is O=c1c2ccccc2sc2nc3c4c(ccc3n12)c1ccccc1n4-c1ccc2c(c1)c1ccccc1n2-c1nc(-c2ccccc2)nc(-c2cccc(-c3ccc4sc5nc6c7c(ccc6n5c(=O)c4c3)c3ccccc3n7-c3nc(-c4ccccc4)nc(-c4ccccc4)n3)c2)n1. The van der Waals surface area contributed by atoms with Crippen molar-refractivity contribution in [3.8, 4) is 74.3 Å². The van der Waals surface area contributed by atoms with Gasteiger partial charge in [-0.15, -0.1) is 0 Å². The second kappa shape index (κ2) is 21.1. The normalized spacial score (nSPS) is 12.1. The molecule has 0 spiro atoms. The molecule has 0 amide bonds. The third kappa shape index (κ3) is 8.29. The van der Waals surface area contributed by atoms with Gasteiger partial charge in [0.15, 0.2) is 33.2 Å². The van der Waals surface area contributed by atoms with Gasteiger partial charge >= 0.3 is 0 Å². The van der Waals surface area contributed by atoms with E-state index in [1.165, 1.54) is 22.7 Å². The van der Waals surface area contributed by atoms with Gasteiger partial charge in [0, 0.05) is 69.7 Å². The molecule has 0 N–H and O–H groups in total. The van der Waals surface area contributed by atoms with Crippen molar-refractivity contribution in [2.75, 3.05) is 0 Å². The number of rotatable bonds is 8. The molecule has 21 rings (SSSR count).